The summed E-state index contributed by atoms with van der Waals surface area (Å²) in [5.41, 5.74) is 4.71. The molecular weight excluding hydrogens is 468 g/mol. The molecule has 2 amide bonds. The van der Waals surface area contributed by atoms with Crippen LogP contribution in [-0.2, 0) is 9.53 Å². The van der Waals surface area contributed by atoms with E-state index in [-0.39, 0.29) is 29.0 Å². The van der Waals surface area contributed by atoms with Crippen LogP contribution in [0.25, 0.3) is 11.1 Å². The van der Waals surface area contributed by atoms with E-state index >= 15 is 0 Å². The molecule has 0 aliphatic heterocycles. The summed E-state index contributed by atoms with van der Waals surface area (Å²) < 4.78 is 5.55. The van der Waals surface area contributed by atoms with E-state index in [9.17, 15) is 19.5 Å². The molecule has 0 heterocycles. The van der Waals surface area contributed by atoms with Crippen molar-refractivity contribution in [1.29, 1.82) is 0 Å². The number of alkyl carbamates (subject to hydrolysis) is 1. The van der Waals surface area contributed by atoms with Crippen molar-refractivity contribution in [3.05, 3.63) is 88.4 Å². The molecule has 2 atom stereocenters. The number of nitrogens with one attached hydrogen (secondary N) is 2. The number of amides is 2. The summed E-state index contributed by atoms with van der Waals surface area (Å²) in [5.74, 6) is -2.24. The fraction of sp³-hybridized carbons (Fsp3) is 0.222. The van der Waals surface area contributed by atoms with Gasteiger partial charge in [-0.25, -0.2) is 9.59 Å². The van der Waals surface area contributed by atoms with Crippen LogP contribution in [0.3, 0.4) is 0 Å². The number of hydrogen-bond donors (Lipinski definition) is 3. The number of halogens is 1. The molecule has 0 aromatic heterocycles. The van der Waals surface area contributed by atoms with Crippen molar-refractivity contribution in [3.63, 3.8) is 0 Å². The maximum atomic E-state index is 12.7. The van der Waals surface area contributed by atoms with Crippen molar-refractivity contribution in [2.75, 3.05) is 11.9 Å². The van der Waals surface area contributed by atoms with Crippen molar-refractivity contribution in [2.24, 2.45) is 5.92 Å². The van der Waals surface area contributed by atoms with Crippen molar-refractivity contribution < 1.29 is 24.2 Å². The maximum absolute atomic E-state index is 12.7. The van der Waals surface area contributed by atoms with Gasteiger partial charge in [0.2, 0.25) is 5.91 Å². The average Bonchev–Trinajstić information content (AvgIpc) is 3.17. The fourth-order valence-electron chi connectivity index (χ4n) is 4.20. The lowest BCUT2D eigenvalue weighted by Crippen LogP contribution is -2.42. The highest BCUT2D eigenvalue weighted by atomic mass is 35.5. The first-order chi connectivity index (χ1) is 16.8. The van der Waals surface area contributed by atoms with Crippen LogP contribution in [-0.4, -0.2) is 35.7 Å². The smallest absolute Gasteiger partial charge is 0.407 e. The molecule has 4 rings (SSSR count). The Hall–Kier alpha value is -3.84. The highest BCUT2D eigenvalue weighted by molar-refractivity contribution is 6.33. The number of aromatic carboxylic acids is 1. The number of benzene rings is 3. The Balaban J connectivity index is 1.34. The number of carbonyl (C=O) groups is 3. The molecule has 3 aromatic carbocycles. The first kappa shape index (κ1) is 24.3. The minimum Gasteiger partial charge on any atom is -0.478 e. The number of hydrogen-bond acceptors (Lipinski definition) is 4. The molecule has 0 saturated carbocycles. The second-order valence-electron chi connectivity index (χ2n) is 8.54. The molecule has 0 fully saturated rings. The summed E-state index contributed by atoms with van der Waals surface area (Å²) in [6.07, 6.45) is -0.612. The van der Waals surface area contributed by atoms with Gasteiger partial charge in [-0.3, -0.25) is 4.79 Å². The Morgan fingerprint density at radius 2 is 1.57 bits per heavy atom. The molecule has 180 valence electrons. The van der Waals surface area contributed by atoms with Crippen LogP contribution in [0, 0.1) is 5.92 Å². The van der Waals surface area contributed by atoms with Crippen LogP contribution in [0.2, 0.25) is 5.02 Å². The van der Waals surface area contributed by atoms with Crippen LogP contribution in [0.15, 0.2) is 66.7 Å². The third-order valence-electron chi connectivity index (χ3n) is 6.32. The van der Waals surface area contributed by atoms with Gasteiger partial charge >= 0.3 is 12.1 Å². The van der Waals surface area contributed by atoms with Gasteiger partial charge in [0.1, 0.15) is 6.61 Å². The number of fused-ring (bicyclic) bond motifs is 3. The van der Waals surface area contributed by atoms with Crippen LogP contribution >= 0.6 is 11.6 Å². The van der Waals surface area contributed by atoms with Gasteiger partial charge < -0.3 is 20.5 Å². The lowest BCUT2D eigenvalue weighted by atomic mass is 9.98. The summed E-state index contributed by atoms with van der Waals surface area (Å²) in [7, 11) is 0. The SMILES string of the molecule is CC(NC(=O)OCC1c2ccccc2-c2ccccc21)C(C)C(=O)Nc1ccc(Cl)c(C(=O)O)c1. The van der Waals surface area contributed by atoms with E-state index < -0.39 is 24.0 Å². The van der Waals surface area contributed by atoms with E-state index in [0.29, 0.717) is 5.69 Å². The predicted octanol–water partition coefficient (Wildman–Crippen LogP) is 5.54. The van der Waals surface area contributed by atoms with Crippen molar-refractivity contribution in [1.82, 2.24) is 5.32 Å². The topological polar surface area (TPSA) is 105 Å². The molecule has 0 spiro atoms. The van der Waals surface area contributed by atoms with Gasteiger partial charge in [0.25, 0.3) is 0 Å². The predicted molar refractivity (Wildman–Crippen MR) is 134 cm³/mol. The van der Waals surface area contributed by atoms with E-state index in [4.69, 9.17) is 16.3 Å². The quantitative estimate of drug-likeness (QED) is 0.401. The fourth-order valence-corrected chi connectivity index (χ4v) is 4.40. The Morgan fingerprint density at radius 3 is 2.17 bits per heavy atom. The first-order valence-corrected chi connectivity index (χ1v) is 11.6. The molecule has 0 saturated heterocycles. The summed E-state index contributed by atoms with van der Waals surface area (Å²) in [6.45, 7) is 3.55. The lowest BCUT2D eigenvalue weighted by molar-refractivity contribution is -0.120. The van der Waals surface area contributed by atoms with Crippen molar-refractivity contribution in [2.45, 2.75) is 25.8 Å². The highest BCUT2D eigenvalue weighted by Crippen LogP contribution is 2.44. The van der Waals surface area contributed by atoms with E-state index in [2.05, 4.69) is 22.8 Å². The Labute approximate surface area is 208 Å². The van der Waals surface area contributed by atoms with E-state index in [0.717, 1.165) is 22.3 Å². The summed E-state index contributed by atoms with van der Waals surface area (Å²) in [5, 5.41) is 14.7. The normalized spacial score (nSPS) is 13.8. The summed E-state index contributed by atoms with van der Waals surface area (Å²) >= 11 is 5.88. The second-order valence-corrected chi connectivity index (χ2v) is 8.94. The van der Waals surface area contributed by atoms with Gasteiger partial charge in [0.15, 0.2) is 0 Å². The monoisotopic (exact) mass is 492 g/mol. The third-order valence-corrected chi connectivity index (χ3v) is 6.65. The van der Waals surface area contributed by atoms with Crippen molar-refractivity contribution >= 4 is 35.3 Å². The Kier molecular flexibility index (Phi) is 7.07. The van der Waals surface area contributed by atoms with Gasteiger partial charge in [-0.05, 0) is 47.4 Å². The van der Waals surface area contributed by atoms with Crippen LogP contribution in [0.4, 0.5) is 10.5 Å². The summed E-state index contributed by atoms with van der Waals surface area (Å²) in [6, 6.07) is 19.8. The van der Waals surface area contributed by atoms with E-state index in [1.54, 1.807) is 13.8 Å². The lowest BCUT2D eigenvalue weighted by Gasteiger charge is -2.21. The minimum atomic E-state index is -1.19. The van der Waals surface area contributed by atoms with Gasteiger partial charge in [0.05, 0.1) is 16.5 Å². The molecule has 0 bridgehead atoms. The number of rotatable bonds is 7. The van der Waals surface area contributed by atoms with Crippen LogP contribution in [0.1, 0.15) is 41.3 Å². The molecule has 0 radical (unpaired) electrons. The largest absolute Gasteiger partial charge is 0.478 e. The second kappa shape index (κ2) is 10.2. The Morgan fingerprint density at radius 1 is 0.971 bits per heavy atom. The molecule has 2 unspecified atom stereocenters. The van der Waals surface area contributed by atoms with Gasteiger partial charge in [0, 0.05) is 17.6 Å². The molecule has 3 N–H and O–H groups in total. The summed E-state index contributed by atoms with van der Waals surface area (Å²) in [4.78, 5) is 36.4. The first-order valence-electron chi connectivity index (χ1n) is 11.2. The molecule has 1 aliphatic carbocycles. The molecule has 3 aromatic rings. The van der Waals surface area contributed by atoms with Crippen molar-refractivity contribution in [3.8, 4) is 11.1 Å². The molecule has 35 heavy (non-hydrogen) atoms. The minimum absolute atomic E-state index is 0.0579. The standard InChI is InChI=1S/C27H25ClN2O5/c1-15(25(31)30-17-11-12-24(28)22(13-17)26(32)33)16(2)29-27(34)35-14-23-20-9-5-3-7-18(20)19-8-4-6-10-21(19)23/h3-13,15-16,23H,14H2,1-2H3,(H,29,34)(H,30,31)(H,32,33). The number of ether oxygens (including phenoxy) is 1. The van der Waals surface area contributed by atoms with E-state index in [1.165, 1.54) is 18.2 Å². The zero-order valence-corrected chi connectivity index (χ0v) is 20.0. The third kappa shape index (κ3) is 5.15. The van der Waals surface area contributed by atoms with Gasteiger partial charge in [-0.1, -0.05) is 67.1 Å². The maximum Gasteiger partial charge on any atom is 0.407 e. The van der Waals surface area contributed by atoms with E-state index in [1.807, 2.05) is 36.4 Å². The average molecular weight is 493 g/mol. The zero-order valence-electron chi connectivity index (χ0n) is 19.2. The van der Waals surface area contributed by atoms with Crippen LogP contribution < -0.4 is 10.6 Å². The zero-order chi connectivity index (χ0) is 25.1. The molecule has 8 heteroatoms. The van der Waals surface area contributed by atoms with Gasteiger partial charge in [-0.15, -0.1) is 0 Å². The number of carboxylic acids is 1. The molecule has 7 nitrogen and oxygen atoms in total. The number of anilines is 1. The Bertz CT molecular complexity index is 1250. The highest BCUT2D eigenvalue weighted by Gasteiger charge is 2.29. The van der Waals surface area contributed by atoms with Crippen LogP contribution in [0.5, 0.6) is 0 Å². The van der Waals surface area contributed by atoms with Gasteiger partial charge in [-0.2, -0.15) is 0 Å². The molecule has 1 aliphatic rings. The molecular formula is C27H25ClN2O5. The number of carbonyl (C=O) groups excluding carboxylic acids is 2. The number of carboxylic acid groups (broad SMARTS) is 1.